The monoisotopic (exact) mass is 303 g/mol. The van der Waals surface area contributed by atoms with E-state index in [4.69, 9.17) is 4.74 Å². The predicted octanol–water partition coefficient (Wildman–Crippen LogP) is 2.06. The van der Waals surface area contributed by atoms with E-state index in [1.807, 2.05) is 13.0 Å². The number of esters is 1. The van der Waals surface area contributed by atoms with Gasteiger partial charge in [0.05, 0.1) is 12.6 Å². The maximum absolute atomic E-state index is 12.6. The molecule has 0 saturated carbocycles. The minimum absolute atomic E-state index is 0.164. The minimum Gasteiger partial charge on any atom is -0.465 e. The quantitative estimate of drug-likeness (QED) is 0.631. The lowest BCUT2D eigenvalue weighted by atomic mass is 9.87. The minimum atomic E-state index is -0.746. The van der Waals surface area contributed by atoms with Crippen LogP contribution in [0.3, 0.4) is 0 Å². The number of benzene rings is 1. The van der Waals surface area contributed by atoms with Gasteiger partial charge in [-0.1, -0.05) is 25.1 Å². The summed E-state index contributed by atoms with van der Waals surface area (Å²) < 4.78 is 4.96. The molecular weight excluding hydrogens is 282 g/mol. The average Bonchev–Trinajstić information content (AvgIpc) is 2.54. The van der Waals surface area contributed by atoms with Crippen molar-refractivity contribution >= 4 is 17.7 Å². The van der Waals surface area contributed by atoms with Crippen molar-refractivity contribution in [2.24, 2.45) is 5.92 Å². The van der Waals surface area contributed by atoms with Gasteiger partial charge in [-0.3, -0.25) is 14.4 Å². The van der Waals surface area contributed by atoms with Crippen molar-refractivity contribution in [1.29, 1.82) is 0 Å². The largest absolute Gasteiger partial charge is 0.465 e. The van der Waals surface area contributed by atoms with E-state index in [2.05, 4.69) is 0 Å². The van der Waals surface area contributed by atoms with Gasteiger partial charge in [0.1, 0.15) is 5.92 Å². The SMILES string of the molecule is CCOC(=O)[C@H]1CCN(C(=O)c2ccccc2)[C@@H](CC)C1=O. The molecule has 0 N–H and O–H groups in total. The van der Waals surface area contributed by atoms with Gasteiger partial charge in [-0.25, -0.2) is 0 Å². The van der Waals surface area contributed by atoms with Crippen LogP contribution in [0.1, 0.15) is 37.0 Å². The first-order valence-corrected chi connectivity index (χ1v) is 7.66. The van der Waals surface area contributed by atoms with E-state index in [-0.39, 0.29) is 18.3 Å². The molecule has 1 heterocycles. The molecule has 1 aromatic rings. The van der Waals surface area contributed by atoms with Crippen molar-refractivity contribution in [2.75, 3.05) is 13.2 Å². The molecule has 2 rings (SSSR count). The van der Waals surface area contributed by atoms with E-state index in [1.54, 1.807) is 36.1 Å². The summed E-state index contributed by atoms with van der Waals surface area (Å²) in [6, 6.07) is 8.33. The van der Waals surface area contributed by atoms with Crippen LogP contribution in [0.5, 0.6) is 0 Å². The summed E-state index contributed by atoms with van der Waals surface area (Å²) in [5.74, 6) is -1.60. The molecule has 1 aliphatic heterocycles. The highest BCUT2D eigenvalue weighted by Gasteiger charge is 2.41. The third-order valence-electron chi connectivity index (χ3n) is 3.95. The van der Waals surface area contributed by atoms with Gasteiger partial charge >= 0.3 is 5.97 Å². The van der Waals surface area contributed by atoms with E-state index >= 15 is 0 Å². The number of rotatable bonds is 4. The van der Waals surface area contributed by atoms with E-state index in [9.17, 15) is 14.4 Å². The number of carbonyl (C=O) groups is 3. The van der Waals surface area contributed by atoms with E-state index in [0.29, 0.717) is 24.9 Å². The summed E-state index contributed by atoms with van der Waals surface area (Å²) in [4.78, 5) is 38.5. The maximum atomic E-state index is 12.6. The number of piperidine rings is 1. The molecule has 1 aromatic carbocycles. The predicted molar refractivity (Wildman–Crippen MR) is 81.3 cm³/mol. The van der Waals surface area contributed by atoms with Crippen molar-refractivity contribution < 1.29 is 19.1 Å². The van der Waals surface area contributed by atoms with Gasteiger partial charge in [0.25, 0.3) is 5.91 Å². The first-order chi connectivity index (χ1) is 10.6. The van der Waals surface area contributed by atoms with Crippen LogP contribution in [0.15, 0.2) is 30.3 Å². The molecule has 5 heteroatoms. The summed E-state index contributed by atoms with van der Waals surface area (Å²) in [6.45, 7) is 4.21. The lowest BCUT2D eigenvalue weighted by Gasteiger charge is -2.37. The fourth-order valence-electron chi connectivity index (χ4n) is 2.84. The second-order valence-corrected chi connectivity index (χ2v) is 5.28. The molecule has 0 radical (unpaired) electrons. The smallest absolute Gasteiger partial charge is 0.316 e. The lowest BCUT2D eigenvalue weighted by Crippen LogP contribution is -2.53. The van der Waals surface area contributed by atoms with Gasteiger partial charge in [-0.05, 0) is 31.9 Å². The molecule has 118 valence electrons. The molecule has 0 bridgehead atoms. The molecule has 22 heavy (non-hydrogen) atoms. The molecule has 0 spiro atoms. The van der Waals surface area contributed by atoms with E-state index in [0.717, 1.165) is 0 Å². The number of nitrogens with zero attached hydrogens (tertiary/aromatic N) is 1. The molecule has 0 aliphatic carbocycles. The molecule has 2 atom stereocenters. The molecule has 1 amide bonds. The van der Waals surface area contributed by atoms with Crippen molar-refractivity contribution in [3.63, 3.8) is 0 Å². The molecule has 1 saturated heterocycles. The lowest BCUT2D eigenvalue weighted by molar-refractivity contribution is -0.155. The Morgan fingerprint density at radius 3 is 2.50 bits per heavy atom. The Labute approximate surface area is 130 Å². The number of ether oxygens (including phenoxy) is 1. The van der Waals surface area contributed by atoms with Gasteiger partial charge in [0, 0.05) is 12.1 Å². The summed E-state index contributed by atoms with van der Waals surface area (Å²) in [7, 11) is 0. The third-order valence-corrected chi connectivity index (χ3v) is 3.95. The molecule has 5 nitrogen and oxygen atoms in total. The summed E-state index contributed by atoms with van der Waals surface area (Å²) in [5.41, 5.74) is 0.559. The highest BCUT2D eigenvalue weighted by molar-refractivity contribution is 6.05. The van der Waals surface area contributed by atoms with Crippen molar-refractivity contribution in [3.8, 4) is 0 Å². The van der Waals surface area contributed by atoms with Crippen molar-refractivity contribution in [3.05, 3.63) is 35.9 Å². The number of Topliss-reactive ketones (excluding diaryl/α,β-unsaturated/α-hetero) is 1. The normalized spacial score (nSPS) is 21.5. The summed E-state index contributed by atoms with van der Waals surface area (Å²) in [6.07, 6.45) is 0.819. The molecule has 1 aliphatic rings. The van der Waals surface area contributed by atoms with Crippen LogP contribution >= 0.6 is 0 Å². The third kappa shape index (κ3) is 3.18. The highest BCUT2D eigenvalue weighted by Crippen LogP contribution is 2.24. The van der Waals surface area contributed by atoms with Gasteiger partial charge in [0.2, 0.25) is 0 Å². The Bertz CT molecular complexity index is 555. The van der Waals surface area contributed by atoms with Crippen LogP contribution in [0.25, 0.3) is 0 Å². The topological polar surface area (TPSA) is 63.7 Å². The van der Waals surface area contributed by atoms with Gasteiger partial charge in [-0.2, -0.15) is 0 Å². The fraction of sp³-hybridized carbons (Fsp3) is 0.471. The molecule has 0 unspecified atom stereocenters. The Morgan fingerprint density at radius 1 is 1.23 bits per heavy atom. The van der Waals surface area contributed by atoms with E-state index in [1.165, 1.54) is 0 Å². The number of ketones is 1. The highest BCUT2D eigenvalue weighted by atomic mass is 16.5. The van der Waals surface area contributed by atoms with Crippen molar-refractivity contribution in [2.45, 2.75) is 32.7 Å². The Morgan fingerprint density at radius 2 is 1.91 bits per heavy atom. The zero-order valence-electron chi connectivity index (χ0n) is 13.0. The fourth-order valence-corrected chi connectivity index (χ4v) is 2.84. The van der Waals surface area contributed by atoms with E-state index < -0.39 is 17.9 Å². The van der Waals surface area contributed by atoms with Gasteiger partial charge in [-0.15, -0.1) is 0 Å². The zero-order chi connectivity index (χ0) is 16.1. The summed E-state index contributed by atoms with van der Waals surface area (Å²) >= 11 is 0. The maximum Gasteiger partial charge on any atom is 0.316 e. The number of carbonyl (C=O) groups excluding carboxylic acids is 3. The van der Waals surface area contributed by atoms with Crippen LogP contribution in [0.4, 0.5) is 0 Å². The van der Waals surface area contributed by atoms with Crippen LogP contribution < -0.4 is 0 Å². The van der Waals surface area contributed by atoms with Crippen LogP contribution in [-0.2, 0) is 14.3 Å². The standard InChI is InChI=1S/C17H21NO4/c1-3-14-15(19)13(17(21)22-4-2)10-11-18(14)16(20)12-8-6-5-7-9-12/h5-9,13-14H,3-4,10-11H2,1-2H3/t13-,14-/m0/s1. The Kier molecular flexibility index (Phi) is 5.31. The molecule has 1 fully saturated rings. The number of hydrogen-bond acceptors (Lipinski definition) is 4. The zero-order valence-corrected chi connectivity index (χ0v) is 13.0. The van der Waals surface area contributed by atoms with Crippen LogP contribution in [-0.4, -0.2) is 41.8 Å². The first-order valence-electron chi connectivity index (χ1n) is 7.66. The molecule has 0 aromatic heterocycles. The number of likely N-dealkylation sites (tertiary alicyclic amines) is 1. The Hall–Kier alpha value is -2.17. The van der Waals surface area contributed by atoms with Gasteiger partial charge < -0.3 is 9.64 Å². The average molecular weight is 303 g/mol. The first kappa shape index (κ1) is 16.2. The second kappa shape index (κ2) is 7.20. The summed E-state index contributed by atoms with van der Waals surface area (Å²) in [5, 5.41) is 0. The van der Waals surface area contributed by atoms with Crippen molar-refractivity contribution in [1.82, 2.24) is 4.90 Å². The van der Waals surface area contributed by atoms with Crippen LogP contribution in [0, 0.1) is 5.92 Å². The molecular formula is C17H21NO4. The van der Waals surface area contributed by atoms with Crippen LogP contribution in [0.2, 0.25) is 0 Å². The van der Waals surface area contributed by atoms with Gasteiger partial charge in [0.15, 0.2) is 5.78 Å². The Balaban J connectivity index is 2.17. The number of amides is 1. The number of hydrogen-bond donors (Lipinski definition) is 0. The second-order valence-electron chi connectivity index (χ2n) is 5.28.